The molecule has 0 amide bonds. The minimum Gasteiger partial charge on any atom is -0.483 e. The molecule has 2 nitrogen and oxygen atoms in total. The zero-order valence-electron chi connectivity index (χ0n) is 10.7. The van der Waals surface area contributed by atoms with Gasteiger partial charge in [0.1, 0.15) is 11.9 Å². The smallest absolute Gasteiger partial charge is 0.148 e. The molecule has 2 aromatic rings. The number of halogens is 2. The van der Waals surface area contributed by atoms with Crippen LogP contribution in [0.25, 0.3) is 0 Å². The molecule has 0 spiro atoms. The highest BCUT2D eigenvalue weighted by Gasteiger charge is 2.20. The van der Waals surface area contributed by atoms with Crippen LogP contribution in [-0.4, -0.2) is 6.04 Å². The van der Waals surface area contributed by atoms with Gasteiger partial charge in [-0.1, -0.05) is 23.2 Å². The fourth-order valence-corrected chi connectivity index (χ4v) is 3.30. The zero-order chi connectivity index (χ0) is 14.0. The SMILES string of the molecule is Cc1ccc(C(Oc2cc(Cl)cc(Cl)c2)C(C)N)s1. The maximum absolute atomic E-state index is 6.02. The van der Waals surface area contributed by atoms with E-state index in [1.165, 1.54) is 4.88 Å². The van der Waals surface area contributed by atoms with Crippen molar-refractivity contribution in [2.75, 3.05) is 0 Å². The Morgan fingerprint density at radius 2 is 1.79 bits per heavy atom. The number of hydrogen-bond acceptors (Lipinski definition) is 3. The molecule has 2 unspecified atom stereocenters. The predicted molar refractivity (Wildman–Crippen MR) is 82.5 cm³/mol. The fraction of sp³-hybridized carbons (Fsp3) is 0.286. The summed E-state index contributed by atoms with van der Waals surface area (Å²) in [7, 11) is 0. The Hall–Kier alpha value is -0.740. The summed E-state index contributed by atoms with van der Waals surface area (Å²) in [5, 5.41) is 1.10. The van der Waals surface area contributed by atoms with Crippen molar-refractivity contribution in [2.45, 2.75) is 26.0 Å². The van der Waals surface area contributed by atoms with Gasteiger partial charge in [-0.25, -0.2) is 0 Å². The maximum atomic E-state index is 6.02. The van der Waals surface area contributed by atoms with Gasteiger partial charge >= 0.3 is 0 Å². The lowest BCUT2D eigenvalue weighted by atomic mass is 10.1. The summed E-state index contributed by atoms with van der Waals surface area (Å²) in [6.07, 6.45) is -0.201. The van der Waals surface area contributed by atoms with Gasteiger partial charge in [0.05, 0.1) is 0 Å². The lowest BCUT2D eigenvalue weighted by Crippen LogP contribution is -2.28. The highest BCUT2D eigenvalue weighted by molar-refractivity contribution is 7.12. The first-order valence-corrected chi connectivity index (χ1v) is 7.47. The number of aryl methyl sites for hydroxylation is 1. The Balaban J connectivity index is 2.26. The van der Waals surface area contributed by atoms with Crippen LogP contribution in [-0.2, 0) is 0 Å². The third-order valence-electron chi connectivity index (χ3n) is 2.62. The minimum atomic E-state index is -0.201. The summed E-state index contributed by atoms with van der Waals surface area (Å²) in [6, 6.07) is 9.12. The van der Waals surface area contributed by atoms with Crippen molar-refractivity contribution in [1.82, 2.24) is 0 Å². The number of ether oxygens (including phenoxy) is 1. The molecule has 0 aliphatic carbocycles. The van der Waals surface area contributed by atoms with Gasteiger partial charge in [0, 0.05) is 25.8 Å². The van der Waals surface area contributed by atoms with Gasteiger partial charge < -0.3 is 10.5 Å². The van der Waals surface area contributed by atoms with Crippen LogP contribution in [0.5, 0.6) is 5.75 Å². The molecule has 2 rings (SSSR count). The Bertz CT molecular complexity index is 548. The molecule has 1 aromatic carbocycles. The molecule has 5 heteroatoms. The molecule has 2 atom stereocenters. The average Bonchev–Trinajstić information content (AvgIpc) is 2.70. The molecule has 0 aliphatic heterocycles. The summed E-state index contributed by atoms with van der Waals surface area (Å²) in [5.41, 5.74) is 6.02. The van der Waals surface area contributed by atoms with Crippen molar-refractivity contribution in [2.24, 2.45) is 5.73 Å². The summed E-state index contributed by atoms with van der Waals surface area (Å²) < 4.78 is 5.95. The normalized spacial score (nSPS) is 14.2. The molecule has 1 aromatic heterocycles. The topological polar surface area (TPSA) is 35.2 Å². The molecule has 2 N–H and O–H groups in total. The summed E-state index contributed by atoms with van der Waals surface area (Å²) in [4.78, 5) is 2.33. The molecule has 0 saturated carbocycles. The third-order valence-corrected chi connectivity index (χ3v) is 4.12. The molecule has 0 bridgehead atoms. The van der Waals surface area contributed by atoms with E-state index >= 15 is 0 Å². The van der Waals surface area contributed by atoms with Crippen molar-refractivity contribution in [3.63, 3.8) is 0 Å². The van der Waals surface area contributed by atoms with Crippen molar-refractivity contribution in [3.05, 3.63) is 50.1 Å². The van der Waals surface area contributed by atoms with E-state index in [0.717, 1.165) is 4.88 Å². The van der Waals surface area contributed by atoms with Gasteiger partial charge in [-0.2, -0.15) is 0 Å². The Labute approximate surface area is 127 Å². The van der Waals surface area contributed by atoms with E-state index < -0.39 is 0 Å². The van der Waals surface area contributed by atoms with Crippen molar-refractivity contribution in [1.29, 1.82) is 0 Å². The van der Waals surface area contributed by atoms with Gasteiger partial charge in [-0.15, -0.1) is 11.3 Å². The number of thiophene rings is 1. The zero-order valence-corrected chi connectivity index (χ0v) is 13.0. The van der Waals surface area contributed by atoms with E-state index in [0.29, 0.717) is 15.8 Å². The van der Waals surface area contributed by atoms with Crippen molar-refractivity contribution >= 4 is 34.5 Å². The van der Waals surface area contributed by atoms with E-state index in [9.17, 15) is 0 Å². The van der Waals surface area contributed by atoms with E-state index in [4.69, 9.17) is 33.7 Å². The second-order valence-corrected chi connectivity index (χ2v) is 6.64. The number of rotatable bonds is 4. The Morgan fingerprint density at radius 3 is 2.26 bits per heavy atom. The van der Waals surface area contributed by atoms with Gasteiger partial charge in [0.15, 0.2) is 0 Å². The lowest BCUT2D eigenvalue weighted by Gasteiger charge is -2.21. The molecular weight excluding hydrogens is 301 g/mol. The van der Waals surface area contributed by atoms with E-state index in [1.54, 1.807) is 29.5 Å². The van der Waals surface area contributed by atoms with Crippen LogP contribution in [0.15, 0.2) is 30.3 Å². The van der Waals surface area contributed by atoms with Crippen LogP contribution < -0.4 is 10.5 Å². The first-order valence-electron chi connectivity index (χ1n) is 5.90. The second-order valence-electron chi connectivity index (χ2n) is 4.45. The third kappa shape index (κ3) is 3.86. The summed E-state index contributed by atoms with van der Waals surface area (Å²) in [5.74, 6) is 0.630. The molecule has 0 radical (unpaired) electrons. The highest BCUT2D eigenvalue weighted by atomic mass is 35.5. The van der Waals surface area contributed by atoms with Crippen LogP contribution in [0, 0.1) is 6.92 Å². The van der Waals surface area contributed by atoms with Crippen LogP contribution in [0.2, 0.25) is 10.0 Å². The largest absolute Gasteiger partial charge is 0.483 e. The van der Waals surface area contributed by atoms with Gasteiger partial charge in [-0.05, 0) is 44.2 Å². The lowest BCUT2D eigenvalue weighted by molar-refractivity contribution is 0.184. The first kappa shape index (κ1) is 14.7. The Kier molecular flexibility index (Phi) is 4.74. The maximum Gasteiger partial charge on any atom is 0.148 e. The van der Waals surface area contributed by atoms with Crippen LogP contribution in [0.3, 0.4) is 0 Å². The number of benzene rings is 1. The first-order chi connectivity index (χ1) is 8.95. The molecular formula is C14H15Cl2NOS. The van der Waals surface area contributed by atoms with Crippen molar-refractivity contribution in [3.8, 4) is 5.75 Å². The van der Waals surface area contributed by atoms with Gasteiger partial charge in [-0.3, -0.25) is 0 Å². The predicted octanol–water partition coefficient (Wildman–Crippen LogP) is 4.83. The molecule has 102 valence electrons. The van der Waals surface area contributed by atoms with E-state index in [2.05, 4.69) is 13.0 Å². The standard InChI is InChI=1S/C14H15Cl2NOS/c1-8-3-4-13(19-8)14(9(2)17)18-12-6-10(15)5-11(16)7-12/h3-7,9,14H,17H2,1-2H3. The Morgan fingerprint density at radius 1 is 1.16 bits per heavy atom. The summed E-state index contributed by atoms with van der Waals surface area (Å²) in [6.45, 7) is 3.98. The number of hydrogen-bond donors (Lipinski definition) is 1. The highest BCUT2D eigenvalue weighted by Crippen LogP contribution is 2.32. The average molecular weight is 316 g/mol. The minimum absolute atomic E-state index is 0.129. The molecule has 0 aliphatic rings. The van der Waals surface area contributed by atoms with Crippen LogP contribution in [0.1, 0.15) is 22.8 Å². The molecule has 0 fully saturated rings. The molecule has 1 heterocycles. The van der Waals surface area contributed by atoms with Gasteiger partial charge in [0.25, 0.3) is 0 Å². The monoisotopic (exact) mass is 315 g/mol. The summed E-state index contributed by atoms with van der Waals surface area (Å²) >= 11 is 13.6. The van der Waals surface area contributed by atoms with Crippen LogP contribution in [0.4, 0.5) is 0 Å². The fourth-order valence-electron chi connectivity index (χ4n) is 1.77. The second kappa shape index (κ2) is 6.14. The van der Waals surface area contributed by atoms with E-state index in [-0.39, 0.29) is 12.1 Å². The van der Waals surface area contributed by atoms with Crippen molar-refractivity contribution < 1.29 is 4.74 Å². The molecule has 0 saturated heterocycles. The molecule has 19 heavy (non-hydrogen) atoms. The van der Waals surface area contributed by atoms with Crippen LogP contribution >= 0.6 is 34.5 Å². The number of nitrogens with two attached hydrogens (primary N) is 1. The van der Waals surface area contributed by atoms with Gasteiger partial charge in [0.2, 0.25) is 0 Å². The quantitative estimate of drug-likeness (QED) is 0.877. The van der Waals surface area contributed by atoms with E-state index in [1.807, 2.05) is 13.0 Å².